The van der Waals surface area contributed by atoms with Gasteiger partial charge in [-0.1, -0.05) is 0 Å². The Bertz CT molecular complexity index is 237. The van der Waals surface area contributed by atoms with Gasteiger partial charge in [-0.3, -0.25) is 13.3 Å². The maximum absolute atomic E-state index is 11.4. The third kappa shape index (κ3) is 2.74. The summed E-state index contributed by atoms with van der Waals surface area (Å²) in [6.07, 6.45) is -0.769. The molecule has 7 heteroatoms. The van der Waals surface area contributed by atoms with Gasteiger partial charge in [0, 0.05) is 0 Å². The lowest BCUT2D eigenvalue weighted by molar-refractivity contribution is 0.0392. The smallest absolute Gasteiger partial charge is 0.424 e. The molecule has 1 aliphatic rings. The second kappa shape index (κ2) is 3.58. The van der Waals surface area contributed by atoms with Crippen LogP contribution in [0.5, 0.6) is 0 Å². The predicted octanol–water partition coefficient (Wildman–Crippen LogP) is 1.83. The average molecular weight is 225 g/mol. The Morgan fingerprint density at radius 1 is 1.50 bits per heavy atom. The highest BCUT2D eigenvalue weighted by molar-refractivity contribution is 8.18. The Morgan fingerprint density at radius 2 is 2.07 bits per heavy atom. The van der Waals surface area contributed by atoms with Crippen molar-refractivity contribution in [2.45, 2.75) is 26.4 Å². The maximum atomic E-state index is 11.4. The lowest BCUT2D eigenvalue weighted by Gasteiger charge is -2.31. The first-order valence-electron chi connectivity index (χ1n) is 4.16. The van der Waals surface area contributed by atoms with Gasteiger partial charge in [0.05, 0.1) is 13.2 Å². The molecule has 0 atom stereocenters. The quantitative estimate of drug-likeness (QED) is 0.657. The van der Waals surface area contributed by atoms with Crippen molar-refractivity contribution in [3.8, 4) is 0 Å². The minimum Gasteiger partial charge on any atom is -0.443 e. The van der Waals surface area contributed by atoms with Crippen LogP contribution < -0.4 is 0 Å². The van der Waals surface area contributed by atoms with Crippen LogP contribution in [-0.4, -0.2) is 38.3 Å². The first kappa shape index (κ1) is 11.6. The van der Waals surface area contributed by atoms with Crippen molar-refractivity contribution < 1.29 is 22.8 Å². The lowest BCUT2D eigenvalue weighted by Crippen LogP contribution is -2.35. The van der Waals surface area contributed by atoms with Crippen LogP contribution in [0, 0.1) is 0 Å². The summed E-state index contributed by atoms with van der Waals surface area (Å²) in [6.45, 7) is 5.35. The van der Waals surface area contributed by atoms with E-state index in [4.69, 9.17) is 4.74 Å². The van der Waals surface area contributed by atoms with Crippen LogP contribution >= 0.6 is 11.1 Å². The van der Waals surface area contributed by atoms with Gasteiger partial charge in [0.25, 0.3) is 0 Å². The number of nitrogens with zero attached hydrogens (tertiary/aromatic N) is 1. The van der Waals surface area contributed by atoms with E-state index in [2.05, 4.69) is 4.18 Å². The lowest BCUT2D eigenvalue weighted by atomic mass is 10.2. The molecule has 0 bridgehead atoms. The van der Waals surface area contributed by atoms with Gasteiger partial charge in [-0.2, -0.15) is 0 Å². The van der Waals surface area contributed by atoms with Gasteiger partial charge < -0.3 is 4.74 Å². The van der Waals surface area contributed by atoms with Crippen molar-refractivity contribution in [1.29, 1.82) is 0 Å². The van der Waals surface area contributed by atoms with E-state index in [-0.39, 0.29) is 13.2 Å². The molecule has 0 radical (unpaired) electrons. The summed E-state index contributed by atoms with van der Waals surface area (Å²) in [5.74, 6) is 0. The molecule has 1 heterocycles. The van der Waals surface area contributed by atoms with E-state index < -0.39 is 22.8 Å². The van der Waals surface area contributed by atoms with Gasteiger partial charge in [0.15, 0.2) is 11.1 Å². The van der Waals surface area contributed by atoms with Crippen molar-refractivity contribution >= 4 is 17.1 Å². The fourth-order valence-electron chi connectivity index (χ4n) is 0.916. The van der Waals surface area contributed by atoms with E-state index in [1.54, 1.807) is 20.8 Å². The van der Waals surface area contributed by atoms with E-state index >= 15 is 0 Å². The summed E-state index contributed by atoms with van der Waals surface area (Å²) in [4.78, 5) is 11.4. The van der Waals surface area contributed by atoms with Crippen LogP contribution in [-0.2, 0) is 8.92 Å². The molecule has 1 rings (SSSR count). The van der Waals surface area contributed by atoms with Gasteiger partial charge in [0.2, 0.25) is 0 Å². The SMILES string of the molecule is CC(C)(C)OC(=O)N1CCOS1(O)O. The van der Waals surface area contributed by atoms with Crippen molar-refractivity contribution in [1.82, 2.24) is 4.31 Å². The Labute approximate surface area is 84.5 Å². The molecule has 1 fully saturated rings. The summed E-state index contributed by atoms with van der Waals surface area (Å²) in [5.41, 5.74) is -0.658. The zero-order chi connectivity index (χ0) is 11.0. The van der Waals surface area contributed by atoms with Crippen molar-refractivity contribution in [3.05, 3.63) is 0 Å². The zero-order valence-corrected chi connectivity index (χ0v) is 9.21. The number of rotatable bonds is 0. The molecule has 1 saturated heterocycles. The number of ether oxygens (including phenoxy) is 1. The van der Waals surface area contributed by atoms with Crippen molar-refractivity contribution in [2.75, 3.05) is 13.2 Å². The molecule has 0 aromatic rings. The van der Waals surface area contributed by atoms with E-state index in [1.807, 2.05) is 0 Å². The second-order valence-electron chi connectivity index (χ2n) is 3.87. The number of carbonyl (C=O) groups excluding carboxylic acids is 1. The van der Waals surface area contributed by atoms with Gasteiger partial charge >= 0.3 is 6.09 Å². The molecule has 6 nitrogen and oxygen atoms in total. The van der Waals surface area contributed by atoms with Gasteiger partial charge in [0.1, 0.15) is 5.60 Å². The van der Waals surface area contributed by atoms with E-state index in [0.29, 0.717) is 0 Å². The predicted molar refractivity (Wildman–Crippen MR) is 51.7 cm³/mol. The van der Waals surface area contributed by atoms with Crippen LogP contribution in [0.4, 0.5) is 4.79 Å². The molecule has 0 spiro atoms. The Balaban J connectivity index is 2.62. The molecule has 1 amide bonds. The Morgan fingerprint density at radius 3 is 2.43 bits per heavy atom. The fraction of sp³-hybridized carbons (Fsp3) is 0.857. The third-order valence-electron chi connectivity index (χ3n) is 1.42. The number of carbonyl (C=O) groups is 1. The van der Waals surface area contributed by atoms with Crippen LogP contribution in [0.2, 0.25) is 0 Å². The van der Waals surface area contributed by atoms with E-state index in [1.165, 1.54) is 0 Å². The van der Waals surface area contributed by atoms with Gasteiger partial charge in [-0.25, -0.2) is 9.10 Å². The first-order chi connectivity index (χ1) is 6.22. The van der Waals surface area contributed by atoms with Crippen LogP contribution in [0.3, 0.4) is 0 Å². The average Bonchev–Trinajstić information content (AvgIpc) is 2.25. The summed E-state index contributed by atoms with van der Waals surface area (Å²) < 4.78 is 28.9. The van der Waals surface area contributed by atoms with Crippen molar-refractivity contribution in [3.63, 3.8) is 0 Å². The molecule has 0 aromatic heterocycles. The van der Waals surface area contributed by atoms with E-state index in [9.17, 15) is 13.9 Å². The zero-order valence-electron chi connectivity index (χ0n) is 8.39. The molecule has 0 saturated carbocycles. The van der Waals surface area contributed by atoms with Crippen molar-refractivity contribution in [2.24, 2.45) is 0 Å². The maximum Gasteiger partial charge on any atom is 0.424 e. The molecule has 84 valence electrons. The molecule has 1 aliphatic heterocycles. The first-order valence-corrected chi connectivity index (χ1v) is 5.58. The van der Waals surface area contributed by atoms with Crippen LogP contribution in [0.25, 0.3) is 0 Å². The number of hydrogen-bond donors (Lipinski definition) is 2. The molecule has 14 heavy (non-hydrogen) atoms. The summed E-state index contributed by atoms with van der Waals surface area (Å²) in [7, 11) is 0. The minimum atomic E-state index is -3.40. The highest BCUT2D eigenvalue weighted by Crippen LogP contribution is 2.48. The summed E-state index contributed by atoms with van der Waals surface area (Å²) in [6, 6.07) is 0. The van der Waals surface area contributed by atoms with Crippen LogP contribution in [0.1, 0.15) is 20.8 Å². The van der Waals surface area contributed by atoms with Gasteiger partial charge in [-0.05, 0) is 20.8 Å². The summed E-state index contributed by atoms with van der Waals surface area (Å²) in [5, 5.41) is 0. The van der Waals surface area contributed by atoms with Gasteiger partial charge in [-0.15, -0.1) is 0 Å². The Hall–Kier alpha value is -0.500. The second-order valence-corrected chi connectivity index (χ2v) is 5.49. The topological polar surface area (TPSA) is 79.2 Å². The Kier molecular flexibility index (Phi) is 2.96. The largest absolute Gasteiger partial charge is 0.443 e. The third-order valence-corrected chi connectivity index (χ3v) is 2.81. The fourth-order valence-corrected chi connectivity index (χ4v) is 1.88. The van der Waals surface area contributed by atoms with Crippen LogP contribution in [0.15, 0.2) is 0 Å². The highest BCUT2D eigenvalue weighted by Gasteiger charge is 2.40. The number of amides is 1. The molecule has 2 N–H and O–H groups in total. The molecular formula is C7H15NO5S. The summed E-state index contributed by atoms with van der Waals surface area (Å²) >= 11 is -3.40. The minimum absolute atomic E-state index is 0.113. The normalized spacial score (nSPS) is 23.4. The standard InChI is InChI=1S/C7H15NO5S/c1-7(2,3)13-6(9)8-4-5-12-14(8,10)11/h10-11H,4-5H2,1-3H3. The monoisotopic (exact) mass is 225 g/mol. The number of hydrogen-bond acceptors (Lipinski definition) is 5. The molecule has 0 aliphatic carbocycles. The highest BCUT2D eigenvalue weighted by atomic mass is 32.3. The molecule has 0 unspecified atom stereocenters. The molecule has 0 aromatic carbocycles. The molecular weight excluding hydrogens is 210 g/mol. The van der Waals surface area contributed by atoms with E-state index in [0.717, 1.165) is 4.31 Å².